The molecule has 0 heterocycles. The Balaban J connectivity index is 4.12. The maximum Gasteiger partial charge on any atom is 0.407 e. The molecule has 0 saturated heterocycles. The molecular formula is C36H72N2O6. The van der Waals surface area contributed by atoms with E-state index < -0.39 is 6.09 Å². The van der Waals surface area contributed by atoms with Crippen LogP contribution in [0.2, 0.25) is 0 Å². The lowest BCUT2D eigenvalue weighted by Gasteiger charge is -2.23. The van der Waals surface area contributed by atoms with Crippen molar-refractivity contribution in [3.05, 3.63) is 0 Å². The number of methoxy groups -OCH3 is 3. The lowest BCUT2D eigenvalue weighted by Crippen LogP contribution is -2.34. The lowest BCUT2D eigenvalue weighted by molar-refractivity contribution is -0.131. The third-order valence-corrected chi connectivity index (χ3v) is 8.26. The van der Waals surface area contributed by atoms with Gasteiger partial charge < -0.3 is 29.2 Å². The summed E-state index contributed by atoms with van der Waals surface area (Å²) in [5.74, 6) is 0.218. The Morgan fingerprint density at radius 1 is 0.455 bits per heavy atom. The number of nitrogens with zero attached hydrogens (tertiary/aromatic N) is 1. The first kappa shape index (κ1) is 42.6. The Bertz CT molecular complexity index is 577. The van der Waals surface area contributed by atoms with E-state index in [0.717, 1.165) is 39.1 Å². The van der Waals surface area contributed by atoms with E-state index in [1.54, 1.807) is 21.3 Å². The van der Waals surface area contributed by atoms with E-state index in [4.69, 9.17) is 18.9 Å². The summed E-state index contributed by atoms with van der Waals surface area (Å²) in [4.78, 5) is 26.8. The minimum absolute atomic E-state index is 0.218. The Morgan fingerprint density at radius 2 is 0.818 bits per heavy atom. The van der Waals surface area contributed by atoms with Gasteiger partial charge in [-0.25, -0.2) is 4.79 Å². The number of unbranched alkanes of at least 4 members (excludes halogenated alkanes) is 20. The molecule has 262 valence electrons. The summed E-state index contributed by atoms with van der Waals surface area (Å²) < 4.78 is 20.1. The van der Waals surface area contributed by atoms with Crippen LogP contribution in [0.1, 0.15) is 154 Å². The molecule has 44 heavy (non-hydrogen) atoms. The molecule has 0 fully saturated rings. The van der Waals surface area contributed by atoms with Crippen molar-refractivity contribution in [1.29, 1.82) is 0 Å². The fourth-order valence-corrected chi connectivity index (χ4v) is 5.50. The normalized spacial score (nSPS) is 11.2. The summed E-state index contributed by atoms with van der Waals surface area (Å²) in [5, 5.41) is 2.73. The van der Waals surface area contributed by atoms with Crippen molar-refractivity contribution in [2.75, 3.05) is 67.4 Å². The van der Waals surface area contributed by atoms with E-state index >= 15 is 0 Å². The number of amides is 2. The second-order valence-electron chi connectivity index (χ2n) is 12.3. The Labute approximate surface area is 272 Å². The van der Waals surface area contributed by atoms with Gasteiger partial charge in [-0.05, 0) is 32.1 Å². The Morgan fingerprint density at radius 3 is 1.20 bits per heavy atom. The molecule has 0 aliphatic heterocycles. The van der Waals surface area contributed by atoms with Crippen molar-refractivity contribution in [3.63, 3.8) is 0 Å². The van der Waals surface area contributed by atoms with E-state index in [1.165, 1.54) is 128 Å². The number of hydrogen-bond acceptors (Lipinski definition) is 6. The number of carbonyl (C=O) groups excluding carboxylic acids is 2. The van der Waals surface area contributed by atoms with Gasteiger partial charge >= 0.3 is 6.09 Å². The van der Waals surface area contributed by atoms with Crippen molar-refractivity contribution >= 4 is 12.0 Å². The summed E-state index contributed by atoms with van der Waals surface area (Å²) in [6.45, 7) is 4.57. The minimum Gasteiger partial charge on any atom is -0.447 e. The highest BCUT2D eigenvalue weighted by molar-refractivity contribution is 5.76. The topological polar surface area (TPSA) is 86.3 Å². The van der Waals surface area contributed by atoms with Gasteiger partial charge in [0.05, 0.1) is 6.61 Å². The van der Waals surface area contributed by atoms with Crippen LogP contribution < -0.4 is 5.32 Å². The van der Waals surface area contributed by atoms with E-state index in [1.807, 2.05) is 0 Å². The zero-order chi connectivity index (χ0) is 32.2. The molecule has 0 atom stereocenters. The largest absolute Gasteiger partial charge is 0.447 e. The van der Waals surface area contributed by atoms with Crippen LogP contribution in [-0.2, 0) is 23.7 Å². The molecule has 8 heteroatoms. The van der Waals surface area contributed by atoms with E-state index in [2.05, 4.69) is 10.2 Å². The third kappa shape index (κ3) is 32.0. The van der Waals surface area contributed by atoms with Gasteiger partial charge in [-0.15, -0.1) is 0 Å². The van der Waals surface area contributed by atoms with Crippen LogP contribution in [0.4, 0.5) is 4.79 Å². The lowest BCUT2D eigenvalue weighted by atomic mass is 10.1. The average Bonchev–Trinajstić information content (AvgIpc) is 3.02. The van der Waals surface area contributed by atoms with Gasteiger partial charge in [-0.1, -0.05) is 116 Å². The molecule has 0 aliphatic rings. The molecule has 0 saturated carbocycles. The molecule has 0 spiro atoms. The first-order chi connectivity index (χ1) is 21.7. The van der Waals surface area contributed by atoms with Crippen LogP contribution in [0.5, 0.6) is 0 Å². The van der Waals surface area contributed by atoms with Crippen molar-refractivity contribution in [2.45, 2.75) is 154 Å². The van der Waals surface area contributed by atoms with Crippen LogP contribution in [0.3, 0.4) is 0 Å². The number of hydrogen-bond donors (Lipinski definition) is 1. The third-order valence-electron chi connectivity index (χ3n) is 8.26. The average molecular weight is 629 g/mol. The maximum atomic E-state index is 13.0. The number of nitrogens with one attached hydrogen (secondary N) is 1. The van der Waals surface area contributed by atoms with Crippen LogP contribution in [0.15, 0.2) is 0 Å². The predicted molar refractivity (Wildman–Crippen MR) is 182 cm³/mol. The molecule has 0 aromatic heterocycles. The molecule has 2 amide bonds. The summed E-state index contributed by atoms with van der Waals surface area (Å²) >= 11 is 0. The Kier molecular flexibility index (Phi) is 35.0. The molecule has 0 aromatic carbocycles. The minimum atomic E-state index is -0.449. The standard InChI is InChI=1S/C36H72N2O6/c1-41-31-24-20-16-12-8-4-6-10-14-18-22-29-38(35(39)27-26-28-37-36(40)44-34-33-43-3)30-23-19-15-11-7-5-9-13-17-21-25-32-42-2/h4-34H2,1-3H3,(H,37,40). The van der Waals surface area contributed by atoms with Gasteiger partial charge in [0.15, 0.2) is 0 Å². The highest BCUT2D eigenvalue weighted by Gasteiger charge is 2.13. The van der Waals surface area contributed by atoms with Gasteiger partial charge in [-0.3, -0.25) is 4.79 Å². The number of alkyl carbamates (subject to hydrolysis) is 1. The molecule has 0 aliphatic carbocycles. The number of rotatable bonds is 35. The quantitative estimate of drug-likeness (QED) is 0.0706. The van der Waals surface area contributed by atoms with Gasteiger partial charge in [0.1, 0.15) is 6.61 Å². The van der Waals surface area contributed by atoms with Crippen LogP contribution in [-0.4, -0.2) is 84.3 Å². The molecule has 8 nitrogen and oxygen atoms in total. The molecule has 1 N–H and O–H groups in total. The Hall–Kier alpha value is -1.38. The predicted octanol–water partition coefficient (Wildman–Crippen LogP) is 8.84. The summed E-state index contributed by atoms with van der Waals surface area (Å²) in [6, 6.07) is 0. The maximum absolute atomic E-state index is 13.0. The fourth-order valence-electron chi connectivity index (χ4n) is 5.50. The summed E-state index contributed by atoms with van der Waals surface area (Å²) in [5.41, 5.74) is 0. The fraction of sp³-hybridized carbons (Fsp3) is 0.944. The van der Waals surface area contributed by atoms with Crippen molar-refractivity contribution in [2.24, 2.45) is 0 Å². The molecular weight excluding hydrogens is 556 g/mol. The second-order valence-corrected chi connectivity index (χ2v) is 12.3. The van der Waals surface area contributed by atoms with E-state index in [-0.39, 0.29) is 12.5 Å². The second kappa shape index (κ2) is 36.1. The summed E-state index contributed by atoms with van der Waals surface area (Å²) in [6.07, 6.45) is 28.7. The van der Waals surface area contributed by atoms with Gasteiger partial charge in [0.25, 0.3) is 0 Å². The van der Waals surface area contributed by atoms with Crippen molar-refractivity contribution in [1.82, 2.24) is 10.2 Å². The van der Waals surface area contributed by atoms with Crippen LogP contribution in [0.25, 0.3) is 0 Å². The SMILES string of the molecule is COCCCCCCCCCCCCCN(CCCCCCCCCCCCCOC)C(=O)CCCNC(=O)OCCOC. The highest BCUT2D eigenvalue weighted by atomic mass is 16.6. The molecule has 0 bridgehead atoms. The molecule has 0 rings (SSSR count). The molecule has 0 aromatic rings. The first-order valence-corrected chi connectivity index (χ1v) is 18.3. The van der Waals surface area contributed by atoms with Crippen molar-refractivity contribution in [3.8, 4) is 0 Å². The zero-order valence-electron chi connectivity index (χ0n) is 29.3. The van der Waals surface area contributed by atoms with E-state index in [0.29, 0.717) is 26.0 Å². The van der Waals surface area contributed by atoms with Crippen LogP contribution >= 0.6 is 0 Å². The number of carbonyl (C=O) groups is 2. The molecule has 0 radical (unpaired) electrons. The van der Waals surface area contributed by atoms with Crippen molar-refractivity contribution < 1.29 is 28.5 Å². The monoisotopic (exact) mass is 629 g/mol. The first-order valence-electron chi connectivity index (χ1n) is 18.3. The van der Waals surface area contributed by atoms with Gasteiger partial charge in [0.2, 0.25) is 5.91 Å². The van der Waals surface area contributed by atoms with Gasteiger partial charge in [-0.2, -0.15) is 0 Å². The molecule has 0 unspecified atom stereocenters. The zero-order valence-corrected chi connectivity index (χ0v) is 29.3. The van der Waals surface area contributed by atoms with E-state index in [9.17, 15) is 9.59 Å². The smallest absolute Gasteiger partial charge is 0.407 e. The number of ether oxygens (including phenoxy) is 4. The van der Waals surface area contributed by atoms with Gasteiger partial charge in [0, 0.05) is 60.6 Å². The highest BCUT2D eigenvalue weighted by Crippen LogP contribution is 2.14. The van der Waals surface area contributed by atoms with Crippen LogP contribution in [0, 0.1) is 0 Å². The summed E-state index contributed by atoms with van der Waals surface area (Å²) in [7, 11) is 5.13.